The Morgan fingerprint density at radius 3 is 2.78 bits per heavy atom. The zero-order valence-corrected chi connectivity index (χ0v) is 10.9. The topological polar surface area (TPSA) is 56.5 Å². The Labute approximate surface area is 108 Å². The van der Waals surface area contributed by atoms with Crippen LogP contribution in [0.5, 0.6) is 5.75 Å². The Kier molecular flexibility index (Phi) is 4.84. The highest BCUT2D eigenvalue weighted by Gasteiger charge is 2.22. The first-order valence-corrected chi connectivity index (χ1v) is 6.52. The Hall–Kier alpha value is -1.26. The van der Waals surface area contributed by atoms with Crippen LogP contribution in [0.4, 0.5) is 5.69 Å². The van der Waals surface area contributed by atoms with Gasteiger partial charge in [-0.1, -0.05) is 0 Å². The first-order valence-electron chi connectivity index (χ1n) is 6.52. The Balaban J connectivity index is 1.95. The third kappa shape index (κ3) is 3.37. The fourth-order valence-corrected chi connectivity index (χ4v) is 2.35. The van der Waals surface area contributed by atoms with Gasteiger partial charge in [0.2, 0.25) is 0 Å². The van der Waals surface area contributed by atoms with Crippen LogP contribution in [-0.2, 0) is 4.74 Å². The highest BCUT2D eigenvalue weighted by atomic mass is 16.5. The number of nitrogens with one attached hydrogen (secondary N) is 1. The molecule has 3 N–H and O–H groups in total. The average molecular weight is 250 g/mol. The van der Waals surface area contributed by atoms with Crippen LogP contribution in [-0.4, -0.2) is 32.9 Å². The second-order valence-electron chi connectivity index (χ2n) is 4.69. The quantitative estimate of drug-likeness (QED) is 0.837. The van der Waals surface area contributed by atoms with E-state index < -0.39 is 0 Å². The maximum Gasteiger partial charge on any atom is 0.119 e. The molecule has 0 bridgehead atoms. The number of nitrogens with two attached hydrogens (primary N) is 1. The third-order valence-electron chi connectivity index (χ3n) is 3.46. The van der Waals surface area contributed by atoms with Crippen molar-refractivity contribution in [1.82, 2.24) is 0 Å². The van der Waals surface area contributed by atoms with Gasteiger partial charge in [0, 0.05) is 30.8 Å². The van der Waals surface area contributed by atoms with Crippen molar-refractivity contribution in [3.05, 3.63) is 24.3 Å². The molecule has 1 aliphatic rings. The van der Waals surface area contributed by atoms with E-state index in [1.807, 2.05) is 24.3 Å². The monoisotopic (exact) mass is 250 g/mol. The number of anilines is 1. The van der Waals surface area contributed by atoms with Crippen LogP contribution in [0, 0.1) is 5.92 Å². The number of hydrogen-bond acceptors (Lipinski definition) is 4. The van der Waals surface area contributed by atoms with Gasteiger partial charge in [-0.05, 0) is 37.1 Å². The lowest BCUT2D eigenvalue weighted by molar-refractivity contribution is 0.0485. The van der Waals surface area contributed by atoms with E-state index in [0.717, 1.165) is 31.1 Å². The minimum atomic E-state index is 0.277. The number of methoxy groups -OCH3 is 1. The normalized spacial score (nSPS) is 21.3. The smallest absolute Gasteiger partial charge is 0.119 e. The summed E-state index contributed by atoms with van der Waals surface area (Å²) in [6.45, 7) is 2.32. The van der Waals surface area contributed by atoms with Gasteiger partial charge >= 0.3 is 0 Å². The van der Waals surface area contributed by atoms with Crippen LogP contribution in [0.2, 0.25) is 0 Å². The predicted molar refractivity (Wildman–Crippen MR) is 73.0 cm³/mol. The molecule has 4 nitrogen and oxygen atoms in total. The largest absolute Gasteiger partial charge is 0.497 e. The molecule has 18 heavy (non-hydrogen) atoms. The van der Waals surface area contributed by atoms with Gasteiger partial charge in [-0.3, -0.25) is 0 Å². The molecular weight excluding hydrogens is 228 g/mol. The summed E-state index contributed by atoms with van der Waals surface area (Å²) in [4.78, 5) is 0. The van der Waals surface area contributed by atoms with Crippen LogP contribution in [0.1, 0.15) is 12.8 Å². The summed E-state index contributed by atoms with van der Waals surface area (Å²) in [6, 6.07) is 8.22. The van der Waals surface area contributed by atoms with Gasteiger partial charge in [-0.2, -0.15) is 0 Å². The van der Waals surface area contributed by atoms with E-state index in [-0.39, 0.29) is 6.04 Å². The molecule has 2 unspecified atom stereocenters. The molecule has 1 aromatic carbocycles. The van der Waals surface area contributed by atoms with Crippen LogP contribution < -0.4 is 15.8 Å². The third-order valence-corrected chi connectivity index (χ3v) is 3.46. The van der Waals surface area contributed by atoms with E-state index in [1.165, 1.54) is 6.42 Å². The molecular formula is C14H22N2O2. The summed E-state index contributed by atoms with van der Waals surface area (Å²) >= 11 is 0. The average Bonchev–Trinajstić information content (AvgIpc) is 2.46. The molecule has 1 aromatic rings. The maximum absolute atomic E-state index is 5.86. The van der Waals surface area contributed by atoms with Crippen molar-refractivity contribution in [2.45, 2.75) is 18.9 Å². The van der Waals surface area contributed by atoms with E-state index in [4.69, 9.17) is 15.2 Å². The van der Waals surface area contributed by atoms with Crippen molar-refractivity contribution in [3.63, 3.8) is 0 Å². The van der Waals surface area contributed by atoms with Gasteiger partial charge in [0.05, 0.1) is 13.7 Å². The number of hydrogen-bond donors (Lipinski definition) is 2. The van der Waals surface area contributed by atoms with Gasteiger partial charge in [0.1, 0.15) is 5.75 Å². The summed E-state index contributed by atoms with van der Waals surface area (Å²) in [6.07, 6.45) is 2.32. The van der Waals surface area contributed by atoms with Crippen molar-refractivity contribution in [2.75, 3.05) is 32.2 Å². The van der Waals surface area contributed by atoms with Crippen LogP contribution in [0.25, 0.3) is 0 Å². The van der Waals surface area contributed by atoms with Crippen LogP contribution >= 0.6 is 0 Å². The van der Waals surface area contributed by atoms with Gasteiger partial charge in [-0.25, -0.2) is 0 Å². The van der Waals surface area contributed by atoms with Crippen molar-refractivity contribution in [3.8, 4) is 5.75 Å². The van der Waals surface area contributed by atoms with Crippen molar-refractivity contribution in [2.24, 2.45) is 11.7 Å². The summed E-state index contributed by atoms with van der Waals surface area (Å²) in [5.74, 6) is 1.37. The highest BCUT2D eigenvalue weighted by molar-refractivity contribution is 5.47. The SMILES string of the molecule is COc1ccc(NC(CN)C2CCCOC2)cc1. The second kappa shape index (κ2) is 6.61. The van der Waals surface area contributed by atoms with Crippen molar-refractivity contribution in [1.29, 1.82) is 0 Å². The molecule has 1 aliphatic heterocycles. The zero-order chi connectivity index (χ0) is 12.8. The van der Waals surface area contributed by atoms with Crippen LogP contribution in [0.3, 0.4) is 0 Å². The number of benzene rings is 1. The molecule has 1 fully saturated rings. The zero-order valence-electron chi connectivity index (χ0n) is 10.9. The van der Waals surface area contributed by atoms with E-state index in [1.54, 1.807) is 7.11 Å². The van der Waals surface area contributed by atoms with Gasteiger partial charge in [0.15, 0.2) is 0 Å². The Bertz CT molecular complexity index is 347. The standard InChI is InChI=1S/C14H22N2O2/c1-17-13-6-4-12(5-7-13)16-14(9-15)11-3-2-8-18-10-11/h4-7,11,14,16H,2-3,8-10,15H2,1H3. The Morgan fingerprint density at radius 2 is 2.22 bits per heavy atom. The highest BCUT2D eigenvalue weighted by Crippen LogP contribution is 2.22. The molecule has 0 aliphatic carbocycles. The molecule has 1 saturated heterocycles. The lowest BCUT2D eigenvalue weighted by atomic mass is 9.93. The fourth-order valence-electron chi connectivity index (χ4n) is 2.35. The summed E-state index contributed by atoms with van der Waals surface area (Å²) in [5.41, 5.74) is 6.95. The van der Waals surface area contributed by atoms with Gasteiger partial charge < -0.3 is 20.5 Å². The Morgan fingerprint density at radius 1 is 1.44 bits per heavy atom. The predicted octanol–water partition coefficient (Wildman–Crippen LogP) is 1.86. The second-order valence-corrected chi connectivity index (χ2v) is 4.69. The van der Waals surface area contributed by atoms with Crippen molar-refractivity contribution >= 4 is 5.69 Å². The number of rotatable bonds is 5. The summed E-state index contributed by atoms with van der Waals surface area (Å²) < 4.78 is 10.7. The summed E-state index contributed by atoms with van der Waals surface area (Å²) in [5, 5.41) is 3.49. The molecule has 4 heteroatoms. The first-order chi connectivity index (χ1) is 8.83. The van der Waals surface area contributed by atoms with Gasteiger partial charge in [0.25, 0.3) is 0 Å². The molecule has 0 radical (unpaired) electrons. The van der Waals surface area contributed by atoms with Crippen LogP contribution in [0.15, 0.2) is 24.3 Å². The minimum absolute atomic E-state index is 0.277. The van der Waals surface area contributed by atoms with Gasteiger partial charge in [-0.15, -0.1) is 0 Å². The minimum Gasteiger partial charge on any atom is -0.497 e. The molecule has 2 rings (SSSR count). The van der Waals surface area contributed by atoms with Crippen molar-refractivity contribution < 1.29 is 9.47 Å². The summed E-state index contributed by atoms with van der Waals surface area (Å²) in [7, 11) is 1.67. The molecule has 0 spiro atoms. The molecule has 2 atom stereocenters. The molecule has 0 aromatic heterocycles. The lowest BCUT2D eigenvalue weighted by Gasteiger charge is -2.30. The first kappa shape index (κ1) is 13.2. The molecule has 0 amide bonds. The maximum atomic E-state index is 5.86. The van der Waals surface area contributed by atoms with E-state index in [0.29, 0.717) is 12.5 Å². The van der Waals surface area contributed by atoms with E-state index >= 15 is 0 Å². The number of ether oxygens (including phenoxy) is 2. The fraction of sp³-hybridized carbons (Fsp3) is 0.571. The molecule has 1 heterocycles. The lowest BCUT2D eigenvalue weighted by Crippen LogP contribution is -2.40. The molecule has 0 saturated carbocycles. The molecule has 100 valence electrons. The van der Waals surface area contributed by atoms with E-state index in [9.17, 15) is 0 Å². The van der Waals surface area contributed by atoms with E-state index in [2.05, 4.69) is 5.32 Å².